The van der Waals surface area contributed by atoms with Gasteiger partial charge in [0.15, 0.2) is 4.96 Å². The SMILES string of the molecule is Cc1c(C(=O)Nc2ccc(N3CCN(C)CC3)cc2)sc2nc(-c3ccc(F)cc3)cn12. The van der Waals surface area contributed by atoms with Crippen LogP contribution in [-0.4, -0.2) is 53.4 Å². The number of halogens is 1. The van der Waals surface area contributed by atoms with E-state index in [2.05, 4.69) is 39.3 Å². The molecule has 1 aliphatic rings. The molecular weight excluding hydrogens is 425 g/mol. The van der Waals surface area contributed by atoms with Crippen molar-refractivity contribution in [2.75, 3.05) is 43.4 Å². The second-order valence-corrected chi connectivity index (χ2v) is 9.07. The van der Waals surface area contributed by atoms with Gasteiger partial charge >= 0.3 is 0 Å². The highest BCUT2D eigenvalue weighted by molar-refractivity contribution is 7.19. The van der Waals surface area contributed by atoms with Crippen molar-refractivity contribution in [3.05, 3.63) is 71.1 Å². The zero-order chi connectivity index (χ0) is 22.2. The van der Waals surface area contributed by atoms with Gasteiger partial charge in [0.2, 0.25) is 0 Å². The van der Waals surface area contributed by atoms with Gasteiger partial charge in [-0.25, -0.2) is 9.37 Å². The minimum Gasteiger partial charge on any atom is -0.369 e. The Bertz CT molecular complexity index is 1250. The van der Waals surface area contributed by atoms with Gasteiger partial charge < -0.3 is 15.1 Å². The van der Waals surface area contributed by atoms with Gasteiger partial charge in [0.25, 0.3) is 5.91 Å². The number of aromatic nitrogens is 2. The first-order valence-corrected chi connectivity index (χ1v) is 11.4. The molecule has 1 fully saturated rings. The zero-order valence-corrected chi connectivity index (χ0v) is 18.8. The molecule has 164 valence electrons. The van der Waals surface area contributed by atoms with Gasteiger partial charge in [0.05, 0.1) is 5.69 Å². The molecule has 4 aromatic rings. The summed E-state index contributed by atoms with van der Waals surface area (Å²) in [5.74, 6) is -0.421. The summed E-state index contributed by atoms with van der Waals surface area (Å²) < 4.78 is 15.1. The first kappa shape index (κ1) is 20.7. The summed E-state index contributed by atoms with van der Waals surface area (Å²) in [6.45, 7) is 6.04. The smallest absolute Gasteiger partial charge is 0.267 e. The molecule has 2 aromatic carbocycles. The summed E-state index contributed by atoms with van der Waals surface area (Å²) >= 11 is 1.35. The Morgan fingerprint density at radius 2 is 1.72 bits per heavy atom. The average Bonchev–Trinajstić information content (AvgIpc) is 3.35. The number of hydrogen-bond donors (Lipinski definition) is 1. The molecule has 1 saturated heterocycles. The molecule has 5 rings (SSSR count). The maximum absolute atomic E-state index is 13.2. The van der Waals surface area contributed by atoms with Crippen LogP contribution in [0.1, 0.15) is 15.4 Å². The van der Waals surface area contributed by atoms with Gasteiger partial charge in [-0.1, -0.05) is 11.3 Å². The molecule has 32 heavy (non-hydrogen) atoms. The average molecular weight is 450 g/mol. The van der Waals surface area contributed by atoms with Crippen LogP contribution in [0.3, 0.4) is 0 Å². The Hall–Kier alpha value is -3.23. The summed E-state index contributed by atoms with van der Waals surface area (Å²) in [7, 11) is 2.14. The quantitative estimate of drug-likeness (QED) is 0.498. The molecule has 1 aliphatic heterocycles. The Balaban J connectivity index is 1.31. The number of nitrogens with one attached hydrogen (secondary N) is 1. The molecule has 0 radical (unpaired) electrons. The lowest BCUT2D eigenvalue weighted by Gasteiger charge is -2.34. The Kier molecular flexibility index (Phi) is 5.40. The van der Waals surface area contributed by atoms with E-state index in [0.717, 1.165) is 53.8 Å². The normalized spacial score (nSPS) is 14.8. The van der Waals surface area contributed by atoms with Crippen LogP contribution in [0.15, 0.2) is 54.7 Å². The maximum Gasteiger partial charge on any atom is 0.267 e. The molecule has 0 atom stereocenters. The highest BCUT2D eigenvalue weighted by Crippen LogP contribution is 2.28. The lowest BCUT2D eigenvalue weighted by molar-refractivity contribution is 0.102. The van der Waals surface area contributed by atoms with Crippen molar-refractivity contribution < 1.29 is 9.18 Å². The van der Waals surface area contributed by atoms with Crippen LogP contribution < -0.4 is 10.2 Å². The van der Waals surface area contributed by atoms with E-state index in [1.54, 1.807) is 12.1 Å². The molecule has 6 nitrogen and oxygen atoms in total. The van der Waals surface area contributed by atoms with Crippen LogP contribution in [0.4, 0.5) is 15.8 Å². The van der Waals surface area contributed by atoms with E-state index in [1.165, 1.54) is 29.2 Å². The summed E-state index contributed by atoms with van der Waals surface area (Å²) in [6.07, 6.45) is 1.88. The van der Waals surface area contributed by atoms with Gasteiger partial charge in [0, 0.05) is 55.0 Å². The molecular formula is C24H24FN5OS. The summed E-state index contributed by atoms with van der Waals surface area (Å²) in [4.78, 5) is 23.6. The number of fused-ring (bicyclic) bond motifs is 1. The molecule has 0 bridgehead atoms. The Morgan fingerprint density at radius 3 is 2.38 bits per heavy atom. The predicted octanol–water partition coefficient (Wildman–Crippen LogP) is 4.51. The van der Waals surface area contributed by atoms with Crippen molar-refractivity contribution in [2.24, 2.45) is 0 Å². The summed E-state index contributed by atoms with van der Waals surface area (Å²) in [5.41, 5.74) is 4.37. The molecule has 1 amide bonds. The molecule has 0 aliphatic carbocycles. The van der Waals surface area contributed by atoms with Gasteiger partial charge in [0.1, 0.15) is 10.7 Å². The number of likely N-dealkylation sites (N-methyl/N-ethyl adjacent to an activating group) is 1. The number of hydrogen-bond acceptors (Lipinski definition) is 5. The number of rotatable bonds is 4. The standard InChI is InChI=1S/C24H24FN5OS/c1-16-22(32-24-27-21(15-30(16)24)17-3-5-18(25)6-4-17)23(31)26-19-7-9-20(10-8-19)29-13-11-28(2)12-14-29/h3-10,15H,11-14H2,1-2H3,(H,26,31). The van der Waals surface area contributed by atoms with Gasteiger partial charge in [-0.05, 0) is 62.5 Å². The van der Waals surface area contributed by atoms with Crippen LogP contribution in [0.25, 0.3) is 16.2 Å². The van der Waals surface area contributed by atoms with E-state index in [-0.39, 0.29) is 11.7 Å². The van der Waals surface area contributed by atoms with E-state index in [1.807, 2.05) is 29.7 Å². The number of aryl methyl sites for hydroxylation is 1. The highest BCUT2D eigenvalue weighted by atomic mass is 32.1. The van der Waals surface area contributed by atoms with Crippen molar-refractivity contribution >= 4 is 33.6 Å². The molecule has 1 N–H and O–H groups in total. The van der Waals surface area contributed by atoms with Gasteiger partial charge in [-0.15, -0.1) is 0 Å². The lowest BCUT2D eigenvalue weighted by atomic mass is 10.2. The first-order chi connectivity index (χ1) is 15.5. The fraction of sp³-hybridized carbons (Fsp3) is 0.250. The second kappa shape index (κ2) is 8.37. The van der Waals surface area contributed by atoms with E-state index in [4.69, 9.17) is 0 Å². The summed E-state index contributed by atoms with van der Waals surface area (Å²) in [5, 5.41) is 3.00. The van der Waals surface area contributed by atoms with Crippen molar-refractivity contribution in [3.63, 3.8) is 0 Å². The number of imidazole rings is 1. The van der Waals surface area contributed by atoms with Crippen LogP contribution in [0, 0.1) is 12.7 Å². The lowest BCUT2D eigenvalue weighted by Crippen LogP contribution is -2.44. The number of amides is 1. The maximum atomic E-state index is 13.2. The highest BCUT2D eigenvalue weighted by Gasteiger charge is 2.19. The van der Waals surface area contributed by atoms with Crippen molar-refractivity contribution in [1.29, 1.82) is 0 Å². The molecule has 2 aromatic heterocycles. The topological polar surface area (TPSA) is 52.9 Å². The third-order valence-corrected chi connectivity index (χ3v) is 7.05. The molecule has 0 unspecified atom stereocenters. The van der Waals surface area contributed by atoms with Gasteiger partial charge in [-0.2, -0.15) is 0 Å². The monoisotopic (exact) mass is 449 g/mol. The van der Waals surface area contributed by atoms with Crippen LogP contribution in [0.2, 0.25) is 0 Å². The zero-order valence-electron chi connectivity index (χ0n) is 18.0. The predicted molar refractivity (Wildman–Crippen MR) is 127 cm³/mol. The first-order valence-electron chi connectivity index (χ1n) is 10.6. The number of piperazine rings is 1. The van der Waals surface area contributed by atoms with Crippen molar-refractivity contribution in [1.82, 2.24) is 14.3 Å². The molecule has 0 saturated carbocycles. The summed E-state index contributed by atoms with van der Waals surface area (Å²) in [6, 6.07) is 14.3. The molecule has 3 heterocycles. The van der Waals surface area contributed by atoms with E-state index < -0.39 is 0 Å². The van der Waals surface area contributed by atoms with Crippen LogP contribution in [-0.2, 0) is 0 Å². The largest absolute Gasteiger partial charge is 0.369 e. The van der Waals surface area contributed by atoms with Crippen molar-refractivity contribution in [3.8, 4) is 11.3 Å². The van der Waals surface area contributed by atoms with E-state index >= 15 is 0 Å². The van der Waals surface area contributed by atoms with Crippen molar-refractivity contribution in [2.45, 2.75) is 6.92 Å². The number of nitrogens with zero attached hydrogens (tertiary/aromatic N) is 4. The minimum absolute atomic E-state index is 0.145. The number of thiazole rings is 1. The molecule has 8 heteroatoms. The number of anilines is 2. The fourth-order valence-corrected chi connectivity index (χ4v) is 4.93. The Morgan fingerprint density at radius 1 is 1.03 bits per heavy atom. The minimum atomic E-state index is -0.276. The third-order valence-electron chi connectivity index (χ3n) is 5.90. The third kappa shape index (κ3) is 3.99. The number of carbonyl (C=O) groups excluding carboxylic acids is 1. The second-order valence-electron chi connectivity index (χ2n) is 8.09. The van der Waals surface area contributed by atoms with Gasteiger partial charge in [-0.3, -0.25) is 9.20 Å². The number of carbonyl (C=O) groups is 1. The van der Waals surface area contributed by atoms with Crippen LogP contribution >= 0.6 is 11.3 Å². The fourth-order valence-electron chi connectivity index (χ4n) is 3.93. The van der Waals surface area contributed by atoms with E-state index in [0.29, 0.717) is 4.88 Å². The number of benzene rings is 2. The molecule has 0 spiro atoms. The Labute approximate surface area is 189 Å². The van der Waals surface area contributed by atoms with Crippen LogP contribution in [0.5, 0.6) is 0 Å². The van der Waals surface area contributed by atoms with E-state index in [9.17, 15) is 9.18 Å².